The number of aromatic nitrogens is 2. The first-order valence-corrected chi connectivity index (χ1v) is 8.79. The fraction of sp³-hybridized carbons (Fsp3) is 0.150. The van der Waals surface area contributed by atoms with E-state index in [-0.39, 0.29) is 0 Å². The molecule has 2 aromatic heterocycles. The summed E-state index contributed by atoms with van der Waals surface area (Å²) >= 11 is 3.70. The minimum atomic E-state index is 0.743. The molecule has 4 aromatic rings. The lowest BCUT2D eigenvalue weighted by atomic mass is 10.0. The van der Waals surface area contributed by atoms with Crippen LogP contribution in [0.2, 0.25) is 0 Å². The van der Waals surface area contributed by atoms with Crippen molar-refractivity contribution in [3.05, 3.63) is 76.2 Å². The molecule has 4 heteroatoms. The summed E-state index contributed by atoms with van der Waals surface area (Å²) in [7, 11) is 0. The van der Waals surface area contributed by atoms with E-state index in [0.29, 0.717) is 0 Å². The number of pyridine rings is 1. The second-order valence-electron chi connectivity index (χ2n) is 6.00. The Labute approximate surface area is 149 Å². The van der Waals surface area contributed by atoms with E-state index in [1.54, 1.807) is 0 Å². The van der Waals surface area contributed by atoms with Crippen molar-refractivity contribution in [2.75, 3.05) is 5.32 Å². The van der Waals surface area contributed by atoms with Crippen LogP contribution < -0.4 is 5.32 Å². The number of rotatable bonds is 3. The van der Waals surface area contributed by atoms with E-state index in [9.17, 15) is 0 Å². The molecule has 24 heavy (non-hydrogen) atoms. The van der Waals surface area contributed by atoms with Gasteiger partial charge >= 0.3 is 0 Å². The monoisotopic (exact) mass is 379 g/mol. The Morgan fingerprint density at radius 2 is 1.88 bits per heavy atom. The van der Waals surface area contributed by atoms with Gasteiger partial charge in [0.05, 0.1) is 11.4 Å². The molecular formula is C20H18BrN3. The van der Waals surface area contributed by atoms with E-state index >= 15 is 0 Å². The van der Waals surface area contributed by atoms with E-state index in [2.05, 4.69) is 87.3 Å². The van der Waals surface area contributed by atoms with Crippen LogP contribution in [-0.2, 0) is 6.54 Å². The van der Waals surface area contributed by atoms with Crippen LogP contribution in [-0.4, -0.2) is 9.38 Å². The second kappa shape index (κ2) is 5.95. The van der Waals surface area contributed by atoms with Gasteiger partial charge in [-0.15, -0.1) is 0 Å². The van der Waals surface area contributed by atoms with Crippen LogP contribution in [0.15, 0.2) is 59.2 Å². The fourth-order valence-corrected chi connectivity index (χ4v) is 3.60. The van der Waals surface area contributed by atoms with Gasteiger partial charge in [0.1, 0.15) is 0 Å². The minimum absolute atomic E-state index is 0.743. The van der Waals surface area contributed by atoms with E-state index in [4.69, 9.17) is 4.98 Å². The van der Waals surface area contributed by atoms with Crippen molar-refractivity contribution in [3.8, 4) is 0 Å². The summed E-state index contributed by atoms with van der Waals surface area (Å²) in [6.07, 6.45) is 2.06. The number of hydrogen-bond donors (Lipinski definition) is 1. The fourth-order valence-electron chi connectivity index (χ4n) is 3.11. The van der Waals surface area contributed by atoms with Gasteiger partial charge in [-0.1, -0.05) is 46.3 Å². The predicted octanol–water partition coefficient (Wildman–Crippen LogP) is 5.48. The molecule has 0 spiro atoms. The van der Waals surface area contributed by atoms with E-state index in [0.717, 1.165) is 28.0 Å². The number of anilines is 1. The molecule has 3 nitrogen and oxygen atoms in total. The molecule has 0 fully saturated rings. The minimum Gasteiger partial charge on any atom is -0.378 e. The Bertz CT molecular complexity index is 1050. The van der Waals surface area contributed by atoms with Gasteiger partial charge in [-0.3, -0.25) is 0 Å². The number of nitrogens with zero attached hydrogens (tertiary/aromatic N) is 2. The Kier molecular flexibility index (Phi) is 3.77. The van der Waals surface area contributed by atoms with Gasteiger partial charge in [0.2, 0.25) is 0 Å². The summed E-state index contributed by atoms with van der Waals surface area (Å²) in [4.78, 5) is 4.70. The highest BCUT2D eigenvalue weighted by Crippen LogP contribution is 2.28. The summed E-state index contributed by atoms with van der Waals surface area (Å²) in [6, 6.07) is 16.9. The number of fused-ring (bicyclic) bond motifs is 2. The van der Waals surface area contributed by atoms with Crippen molar-refractivity contribution in [1.29, 1.82) is 0 Å². The average Bonchev–Trinajstić information content (AvgIpc) is 2.89. The highest BCUT2D eigenvalue weighted by Gasteiger charge is 2.10. The molecule has 4 rings (SSSR count). The van der Waals surface area contributed by atoms with Crippen LogP contribution in [0.1, 0.15) is 17.0 Å². The summed E-state index contributed by atoms with van der Waals surface area (Å²) in [5.74, 6) is 0. The third-order valence-corrected chi connectivity index (χ3v) is 5.31. The molecule has 0 aliphatic carbocycles. The van der Waals surface area contributed by atoms with Crippen molar-refractivity contribution in [2.24, 2.45) is 0 Å². The van der Waals surface area contributed by atoms with E-state index in [1.165, 1.54) is 22.0 Å². The quantitative estimate of drug-likeness (QED) is 0.510. The van der Waals surface area contributed by atoms with Crippen molar-refractivity contribution < 1.29 is 0 Å². The molecule has 0 amide bonds. The number of imidazole rings is 1. The van der Waals surface area contributed by atoms with Crippen LogP contribution in [0, 0.1) is 13.8 Å². The Balaban J connectivity index is 1.74. The maximum atomic E-state index is 4.70. The standard InChI is InChI=1S/C20H18BrN3/c1-13-14(2)24-11-5-8-19(20(24)23-13)22-12-17-16-7-4-3-6-15(16)9-10-18(17)21/h3-11,22H,12H2,1-2H3. The maximum Gasteiger partial charge on any atom is 0.160 e. The number of aryl methyl sites for hydroxylation is 2. The average molecular weight is 380 g/mol. The Hall–Kier alpha value is -2.33. The molecule has 0 bridgehead atoms. The zero-order valence-corrected chi connectivity index (χ0v) is 15.3. The molecule has 2 aromatic carbocycles. The van der Waals surface area contributed by atoms with Gasteiger partial charge in [-0.2, -0.15) is 0 Å². The van der Waals surface area contributed by atoms with Crippen LogP contribution in [0.3, 0.4) is 0 Å². The SMILES string of the molecule is Cc1nc2c(NCc3c(Br)ccc4ccccc34)cccn2c1C. The highest BCUT2D eigenvalue weighted by atomic mass is 79.9. The third-order valence-electron chi connectivity index (χ3n) is 4.56. The van der Waals surface area contributed by atoms with Gasteiger partial charge in [0, 0.05) is 22.9 Å². The lowest BCUT2D eigenvalue weighted by molar-refractivity contribution is 1.08. The number of halogens is 1. The Morgan fingerprint density at radius 1 is 1.04 bits per heavy atom. The van der Waals surface area contributed by atoms with Crippen LogP contribution in [0.25, 0.3) is 16.4 Å². The predicted molar refractivity (Wildman–Crippen MR) is 104 cm³/mol. The summed E-state index contributed by atoms with van der Waals surface area (Å²) < 4.78 is 3.26. The Morgan fingerprint density at radius 3 is 2.75 bits per heavy atom. The molecule has 2 heterocycles. The molecule has 0 unspecified atom stereocenters. The van der Waals surface area contributed by atoms with Crippen molar-refractivity contribution in [1.82, 2.24) is 9.38 Å². The molecular weight excluding hydrogens is 362 g/mol. The zero-order valence-electron chi connectivity index (χ0n) is 13.7. The smallest absolute Gasteiger partial charge is 0.160 e. The van der Waals surface area contributed by atoms with Gasteiger partial charge in [-0.05, 0) is 48.4 Å². The van der Waals surface area contributed by atoms with Crippen LogP contribution in [0.5, 0.6) is 0 Å². The molecule has 0 aliphatic heterocycles. The first-order chi connectivity index (χ1) is 11.6. The molecule has 0 aliphatic rings. The highest BCUT2D eigenvalue weighted by molar-refractivity contribution is 9.10. The summed E-state index contributed by atoms with van der Waals surface area (Å²) in [5.41, 5.74) is 5.53. The summed E-state index contributed by atoms with van der Waals surface area (Å²) in [6.45, 7) is 4.89. The van der Waals surface area contributed by atoms with E-state index in [1.807, 2.05) is 6.92 Å². The number of benzene rings is 2. The van der Waals surface area contributed by atoms with Crippen LogP contribution in [0.4, 0.5) is 5.69 Å². The van der Waals surface area contributed by atoms with Crippen LogP contribution >= 0.6 is 15.9 Å². The van der Waals surface area contributed by atoms with Gasteiger partial charge in [0.15, 0.2) is 5.65 Å². The van der Waals surface area contributed by atoms with Gasteiger partial charge < -0.3 is 9.72 Å². The largest absolute Gasteiger partial charge is 0.378 e. The van der Waals surface area contributed by atoms with Gasteiger partial charge in [-0.25, -0.2) is 4.98 Å². The zero-order chi connectivity index (χ0) is 16.7. The van der Waals surface area contributed by atoms with Gasteiger partial charge in [0.25, 0.3) is 0 Å². The molecule has 0 atom stereocenters. The van der Waals surface area contributed by atoms with Crippen molar-refractivity contribution in [2.45, 2.75) is 20.4 Å². The third kappa shape index (κ3) is 2.47. The topological polar surface area (TPSA) is 29.3 Å². The van der Waals surface area contributed by atoms with Crippen molar-refractivity contribution in [3.63, 3.8) is 0 Å². The first kappa shape index (κ1) is 15.2. The molecule has 0 saturated heterocycles. The number of nitrogens with one attached hydrogen (secondary N) is 1. The molecule has 0 saturated carbocycles. The first-order valence-electron chi connectivity index (χ1n) is 7.99. The molecule has 0 radical (unpaired) electrons. The normalized spacial score (nSPS) is 11.3. The van der Waals surface area contributed by atoms with E-state index < -0.39 is 0 Å². The summed E-state index contributed by atoms with van der Waals surface area (Å²) in [5, 5.41) is 6.08. The number of hydrogen-bond acceptors (Lipinski definition) is 2. The lowest BCUT2D eigenvalue weighted by Gasteiger charge is -2.12. The molecule has 1 N–H and O–H groups in total. The maximum absolute atomic E-state index is 4.70. The molecule has 120 valence electrons. The van der Waals surface area contributed by atoms with Crippen molar-refractivity contribution >= 4 is 38.0 Å². The lowest BCUT2D eigenvalue weighted by Crippen LogP contribution is -2.03. The second-order valence-corrected chi connectivity index (χ2v) is 6.85.